The van der Waals surface area contributed by atoms with Crippen molar-refractivity contribution in [3.8, 4) is 0 Å². The summed E-state index contributed by atoms with van der Waals surface area (Å²) >= 11 is 6.07. The Kier molecular flexibility index (Phi) is 3.83. The van der Waals surface area contributed by atoms with Crippen LogP contribution < -0.4 is 16.6 Å². The molecule has 3 rings (SSSR count). The van der Waals surface area contributed by atoms with Gasteiger partial charge in [-0.3, -0.25) is 9.89 Å². The van der Waals surface area contributed by atoms with Crippen LogP contribution in [0.2, 0.25) is 5.02 Å². The highest BCUT2D eigenvalue weighted by molar-refractivity contribution is 6.32. The fraction of sp³-hybridized carbons (Fsp3) is 0.462. The van der Waals surface area contributed by atoms with Crippen LogP contribution in [-0.4, -0.2) is 20.0 Å². The number of anilines is 2. The number of nitrogens with two attached hydrogens (primary N) is 1. The first-order valence-electron chi connectivity index (χ1n) is 6.92. The molecule has 0 bridgehead atoms. The Morgan fingerprint density at radius 2 is 2.29 bits per heavy atom. The van der Waals surface area contributed by atoms with Gasteiger partial charge in [-0.25, -0.2) is 4.68 Å². The molecule has 2 aromatic heterocycles. The van der Waals surface area contributed by atoms with Crippen LogP contribution in [0, 0.1) is 5.92 Å². The fourth-order valence-electron chi connectivity index (χ4n) is 2.32. The molecule has 2 heterocycles. The van der Waals surface area contributed by atoms with Gasteiger partial charge in [-0.2, -0.15) is 10.2 Å². The minimum atomic E-state index is -0.198. The van der Waals surface area contributed by atoms with Crippen molar-refractivity contribution < 1.29 is 0 Å². The molecule has 0 amide bonds. The van der Waals surface area contributed by atoms with Crippen molar-refractivity contribution in [3.05, 3.63) is 33.3 Å². The Hall–Kier alpha value is -2.02. The maximum absolute atomic E-state index is 12.4. The van der Waals surface area contributed by atoms with E-state index in [1.54, 1.807) is 6.20 Å². The van der Waals surface area contributed by atoms with Crippen LogP contribution >= 0.6 is 11.6 Å². The van der Waals surface area contributed by atoms with Crippen molar-refractivity contribution >= 4 is 23.1 Å². The van der Waals surface area contributed by atoms with Crippen molar-refractivity contribution in [1.29, 1.82) is 0 Å². The van der Waals surface area contributed by atoms with E-state index in [1.165, 1.54) is 17.3 Å². The fourth-order valence-corrected chi connectivity index (χ4v) is 2.52. The number of hydrogen-bond acceptors (Lipinski definition) is 5. The number of hydrogen-bond donors (Lipinski definition) is 3. The lowest BCUT2D eigenvalue weighted by atomic mass is 9.85. The van der Waals surface area contributed by atoms with Crippen LogP contribution in [0.3, 0.4) is 0 Å². The van der Waals surface area contributed by atoms with E-state index in [2.05, 4.69) is 20.6 Å². The summed E-state index contributed by atoms with van der Waals surface area (Å²) in [6.07, 6.45) is 6.67. The van der Waals surface area contributed by atoms with Crippen molar-refractivity contribution in [2.75, 3.05) is 11.1 Å². The summed E-state index contributed by atoms with van der Waals surface area (Å²) < 4.78 is 1.48. The van der Waals surface area contributed by atoms with E-state index in [9.17, 15) is 4.79 Å². The van der Waals surface area contributed by atoms with Crippen molar-refractivity contribution in [1.82, 2.24) is 20.0 Å². The second-order valence-electron chi connectivity index (χ2n) is 5.31. The summed E-state index contributed by atoms with van der Waals surface area (Å²) in [5.74, 6) is 1.02. The van der Waals surface area contributed by atoms with Gasteiger partial charge in [-0.1, -0.05) is 18.0 Å². The highest BCUT2D eigenvalue weighted by atomic mass is 35.5. The van der Waals surface area contributed by atoms with Gasteiger partial charge in [0.05, 0.1) is 17.4 Å². The molecule has 0 unspecified atom stereocenters. The molecule has 0 aromatic carbocycles. The third kappa shape index (κ3) is 2.87. The third-order valence-electron chi connectivity index (χ3n) is 3.86. The summed E-state index contributed by atoms with van der Waals surface area (Å²) in [5, 5.41) is 13.9. The number of rotatable bonds is 5. The molecule has 1 saturated carbocycles. The number of halogens is 1. The average Bonchev–Trinajstić information content (AvgIpc) is 2.81. The van der Waals surface area contributed by atoms with Gasteiger partial charge in [0.25, 0.3) is 5.56 Å². The number of nitrogen functional groups attached to an aromatic ring is 1. The quantitative estimate of drug-likeness (QED) is 0.779. The minimum absolute atomic E-state index is 0.198. The van der Waals surface area contributed by atoms with Gasteiger partial charge in [-0.15, -0.1) is 0 Å². The molecule has 0 atom stereocenters. The number of nitrogens with zero attached hydrogens (tertiary/aromatic N) is 3. The molecule has 1 aliphatic carbocycles. The Labute approximate surface area is 126 Å². The number of aromatic amines is 1. The molecule has 0 aliphatic heterocycles. The standard InChI is InChI=1S/C13H17ClN6O/c14-10-6-18-20(7-8-2-1-3-8)13(21)11(10)16-4-9-5-17-19-12(9)15/h5-6,8,16H,1-4,7H2,(H3,15,17,19). The highest BCUT2D eigenvalue weighted by Crippen LogP contribution is 2.27. The van der Waals surface area contributed by atoms with Crippen LogP contribution in [0.1, 0.15) is 24.8 Å². The van der Waals surface area contributed by atoms with E-state index in [0.717, 1.165) is 18.4 Å². The molecule has 0 spiro atoms. The Morgan fingerprint density at radius 3 is 2.90 bits per heavy atom. The molecule has 0 saturated heterocycles. The molecule has 0 radical (unpaired) electrons. The van der Waals surface area contributed by atoms with Crippen molar-refractivity contribution in [3.63, 3.8) is 0 Å². The number of aromatic nitrogens is 4. The van der Waals surface area contributed by atoms with Crippen LogP contribution in [-0.2, 0) is 13.1 Å². The van der Waals surface area contributed by atoms with Gasteiger partial charge in [0.15, 0.2) is 0 Å². The Bertz CT molecular complexity index is 690. The molecule has 1 fully saturated rings. The smallest absolute Gasteiger partial charge is 0.291 e. The molecule has 8 heteroatoms. The van der Waals surface area contributed by atoms with E-state index in [-0.39, 0.29) is 5.56 Å². The summed E-state index contributed by atoms with van der Waals surface area (Å²) in [6.45, 7) is 1.03. The minimum Gasteiger partial charge on any atom is -0.384 e. The molecular formula is C13H17ClN6O. The topological polar surface area (TPSA) is 102 Å². The normalized spacial score (nSPS) is 14.9. The van der Waals surface area contributed by atoms with Crippen LogP contribution in [0.25, 0.3) is 0 Å². The number of nitrogens with one attached hydrogen (secondary N) is 2. The first-order chi connectivity index (χ1) is 10.1. The second kappa shape index (κ2) is 5.77. The summed E-state index contributed by atoms with van der Waals surface area (Å²) in [5.41, 5.74) is 6.66. The van der Waals surface area contributed by atoms with E-state index < -0.39 is 0 Å². The molecular weight excluding hydrogens is 292 g/mol. The average molecular weight is 309 g/mol. The molecule has 112 valence electrons. The first kappa shape index (κ1) is 13.9. The van der Waals surface area contributed by atoms with Gasteiger partial charge in [0.1, 0.15) is 11.5 Å². The van der Waals surface area contributed by atoms with Crippen molar-refractivity contribution in [2.45, 2.75) is 32.4 Å². The lowest BCUT2D eigenvalue weighted by Crippen LogP contribution is -2.30. The van der Waals surface area contributed by atoms with Gasteiger partial charge < -0.3 is 11.1 Å². The molecule has 21 heavy (non-hydrogen) atoms. The Balaban J connectivity index is 1.78. The van der Waals surface area contributed by atoms with Crippen LogP contribution in [0.4, 0.5) is 11.5 Å². The summed E-state index contributed by atoms with van der Waals surface area (Å²) in [6, 6.07) is 0. The molecule has 1 aliphatic rings. The first-order valence-corrected chi connectivity index (χ1v) is 7.30. The van der Waals surface area contributed by atoms with Gasteiger partial charge in [0.2, 0.25) is 0 Å². The molecule has 7 nitrogen and oxygen atoms in total. The largest absolute Gasteiger partial charge is 0.384 e. The van der Waals surface area contributed by atoms with E-state index in [4.69, 9.17) is 17.3 Å². The predicted octanol–water partition coefficient (Wildman–Crippen LogP) is 1.61. The van der Waals surface area contributed by atoms with Gasteiger partial charge in [0, 0.05) is 18.7 Å². The van der Waals surface area contributed by atoms with E-state index >= 15 is 0 Å². The van der Waals surface area contributed by atoms with E-state index in [1.807, 2.05) is 0 Å². The lowest BCUT2D eigenvalue weighted by molar-refractivity contribution is 0.262. The highest BCUT2D eigenvalue weighted by Gasteiger charge is 2.20. The maximum Gasteiger partial charge on any atom is 0.291 e. The zero-order chi connectivity index (χ0) is 14.8. The lowest BCUT2D eigenvalue weighted by Gasteiger charge is -2.25. The second-order valence-corrected chi connectivity index (χ2v) is 5.72. The van der Waals surface area contributed by atoms with E-state index in [0.29, 0.717) is 35.5 Å². The Morgan fingerprint density at radius 1 is 1.48 bits per heavy atom. The maximum atomic E-state index is 12.4. The summed E-state index contributed by atoms with van der Waals surface area (Å²) in [7, 11) is 0. The zero-order valence-corrected chi connectivity index (χ0v) is 12.2. The third-order valence-corrected chi connectivity index (χ3v) is 4.15. The molecule has 2 aromatic rings. The van der Waals surface area contributed by atoms with Gasteiger partial charge in [-0.05, 0) is 18.8 Å². The predicted molar refractivity (Wildman–Crippen MR) is 81.2 cm³/mol. The van der Waals surface area contributed by atoms with Crippen LogP contribution in [0.5, 0.6) is 0 Å². The monoisotopic (exact) mass is 308 g/mol. The molecule has 4 N–H and O–H groups in total. The zero-order valence-electron chi connectivity index (χ0n) is 11.5. The van der Waals surface area contributed by atoms with Crippen LogP contribution in [0.15, 0.2) is 17.2 Å². The van der Waals surface area contributed by atoms with Gasteiger partial charge >= 0.3 is 0 Å². The summed E-state index contributed by atoms with van der Waals surface area (Å²) in [4.78, 5) is 12.4. The SMILES string of the molecule is Nc1[nH]ncc1CNc1c(Cl)cnn(CC2CCC2)c1=O. The van der Waals surface area contributed by atoms with Crippen molar-refractivity contribution in [2.24, 2.45) is 5.92 Å². The number of H-pyrrole nitrogens is 1.